The van der Waals surface area contributed by atoms with Crippen molar-refractivity contribution in [3.63, 3.8) is 0 Å². The van der Waals surface area contributed by atoms with E-state index in [1.54, 1.807) is 6.92 Å². The van der Waals surface area contributed by atoms with Crippen LogP contribution in [-0.4, -0.2) is 36.5 Å². The van der Waals surface area contributed by atoms with E-state index in [-0.39, 0.29) is 5.91 Å². The van der Waals surface area contributed by atoms with Crippen molar-refractivity contribution in [2.45, 2.75) is 40.2 Å². The Hall–Kier alpha value is -0.830. The summed E-state index contributed by atoms with van der Waals surface area (Å²) < 4.78 is 0. The molecule has 0 rings (SSSR count). The smallest absolute Gasteiger partial charge is 0.246 e. The van der Waals surface area contributed by atoms with Crippen molar-refractivity contribution >= 4 is 5.91 Å². The normalized spacial score (nSPS) is 12.6. The lowest BCUT2D eigenvalue weighted by Gasteiger charge is -2.26. The molecule has 15 heavy (non-hydrogen) atoms. The lowest BCUT2D eigenvalue weighted by molar-refractivity contribution is -0.117. The molecule has 0 bridgehead atoms. The van der Waals surface area contributed by atoms with Gasteiger partial charge in [-0.25, -0.2) is 0 Å². The fraction of sp³-hybridized carbons (Fsp3) is 0.750. The summed E-state index contributed by atoms with van der Waals surface area (Å²) in [6, 6.07) is 0.519. The Labute approximate surface area is 93.5 Å². The van der Waals surface area contributed by atoms with Crippen molar-refractivity contribution < 1.29 is 4.79 Å². The summed E-state index contributed by atoms with van der Waals surface area (Å²) in [4.78, 5) is 13.6. The van der Waals surface area contributed by atoms with Gasteiger partial charge in [0.15, 0.2) is 0 Å². The highest BCUT2D eigenvalue weighted by atomic mass is 16.1. The standard InChI is InChI=1S/C12H24N2O/c1-6-14(7-2)11(5)8-9-13-12(15)10(3)4/h11H,3,6-9H2,1-2,4-5H3,(H,13,15). The van der Waals surface area contributed by atoms with Crippen LogP contribution in [0.25, 0.3) is 0 Å². The maximum Gasteiger partial charge on any atom is 0.246 e. The van der Waals surface area contributed by atoms with Crippen molar-refractivity contribution in [1.29, 1.82) is 0 Å². The Morgan fingerprint density at radius 1 is 1.40 bits per heavy atom. The molecule has 0 fully saturated rings. The van der Waals surface area contributed by atoms with Gasteiger partial charge in [-0.05, 0) is 33.4 Å². The molecule has 0 aromatic carbocycles. The Morgan fingerprint density at radius 2 is 1.93 bits per heavy atom. The SMILES string of the molecule is C=C(C)C(=O)NCCC(C)N(CC)CC. The van der Waals surface area contributed by atoms with Gasteiger partial charge in [-0.3, -0.25) is 4.79 Å². The van der Waals surface area contributed by atoms with E-state index in [1.807, 2.05) is 0 Å². The molecule has 1 amide bonds. The molecule has 0 aromatic rings. The second-order valence-corrected chi connectivity index (χ2v) is 3.90. The zero-order valence-corrected chi connectivity index (χ0v) is 10.5. The highest BCUT2D eigenvalue weighted by molar-refractivity contribution is 5.91. The molecule has 0 aliphatic heterocycles. The largest absolute Gasteiger partial charge is 0.352 e. The molecule has 0 spiro atoms. The van der Waals surface area contributed by atoms with E-state index in [4.69, 9.17) is 0 Å². The number of nitrogens with one attached hydrogen (secondary N) is 1. The average molecular weight is 212 g/mol. The van der Waals surface area contributed by atoms with E-state index in [9.17, 15) is 4.79 Å². The van der Waals surface area contributed by atoms with Gasteiger partial charge >= 0.3 is 0 Å². The first-order valence-electron chi connectivity index (χ1n) is 5.70. The average Bonchev–Trinajstić information content (AvgIpc) is 2.19. The molecule has 0 saturated heterocycles. The molecule has 3 heteroatoms. The topological polar surface area (TPSA) is 32.3 Å². The van der Waals surface area contributed by atoms with E-state index in [0.29, 0.717) is 11.6 Å². The molecule has 1 atom stereocenters. The quantitative estimate of drug-likeness (QED) is 0.653. The third kappa shape index (κ3) is 5.57. The van der Waals surface area contributed by atoms with Gasteiger partial charge in [0, 0.05) is 18.2 Å². The van der Waals surface area contributed by atoms with Crippen LogP contribution in [0, 0.1) is 0 Å². The van der Waals surface area contributed by atoms with Gasteiger partial charge in [0.25, 0.3) is 0 Å². The van der Waals surface area contributed by atoms with Gasteiger partial charge in [-0.2, -0.15) is 0 Å². The number of hydrogen-bond acceptors (Lipinski definition) is 2. The van der Waals surface area contributed by atoms with Crippen molar-refractivity contribution in [2.75, 3.05) is 19.6 Å². The van der Waals surface area contributed by atoms with Gasteiger partial charge in [0.2, 0.25) is 5.91 Å². The van der Waals surface area contributed by atoms with Crippen LogP contribution in [0.1, 0.15) is 34.1 Å². The first kappa shape index (κ1) is 14.2. The molecular weight excluding hydrogens is 188 g/mol. The van der Waals surface area contributed by atoms with Crippen LogP contribution >= 0.6 is 0 Å². The molecule has 0 heterocycles. The molecule has 0 aromatic heterocycles. The predicted molar refractivity (Wildman–Crippen MR) is 64.8 cm³/mol. The summed E-state index contributed by atoms with van der Waals surface area (Å²) in [5.41, 5.74) is 0.575. The number of carbonyl (C=O) groups excluding carboxylic acids is 1. The van der Waals surface area contributed by atoms with Gasteiger partial charge in [0.05, 0.1) is 0 Å². The number of rotatable bonds is 7. The summed E-state index contributed by atoms with van der Waals surface area (Å²) in [7, 11) is 0. The summed E-state index contributed by atoms with van der Waals surface area (Å²) in [5.74, 6) is -0.0400. The van der Waals surface area contributed by atoms with Crippen molar-refractivity contribution in [1.82, 2.24) is 10.2 Å². The van der Waals surface area contributed by atoms with Crippen LogP contribution in [0.15, 0.2) is 12.2 Å². The number of hydrogen-bond donors (Lipinski definition) is 1. The van der Waals surface area contributed by atoms with Gasteiger partial charge < -0.3 is 10.2 Å². The lowest BCUT2D eigenvalue weighted by Crippen LogP contribution is -2.36. The molecular formula is C12H24N2O. The number of amides is 1. The molecule has 1 N–H and O–H groups in total. The minimum absolute atomic E-state index is 0.0400. The third-order valence-corrected chi connectivity index (χ3v) is 2.67. The number of carbonyl (C=O) groups is 1. The molecule has 1 unspecified atom stereocenters. The second kappa shape index (κ2) is 7.46. The molecule has 0 aliphatic carbocycles. The van der Waals surface area contributed by atoms with Crippen LogP contribution in [0.3, 0.4) is 0 Å². The summed E-state index contributed by atoms with van der Waals surface area (Å²) in [5, 5.41) is 2.85. The van der Waals surface area contributed by atoms with E-state index in [0.717, 1.165) is 26.1 Å². The van der Waals surface area contributed by atoms with Crippen LogP contribution in [-0.2, 0) is 4.79 Å². The van der Waals surface area contributed by atoms with Crippen LogP contribution in [0.2, 0.25) is 0 Å². The third-order valence-electron chi connectivity index (χ3n) is 2.67. The first-order chi connectivity index (χ1) is 7.02. The van der Waals surface area contributed by atoms with Crippen LogP contribution in [0.5, 0.6) is 0 Å². The maximum atomic E-state index is 11.2. The van der Waals surface area contributed by atoms with Crippen molar-refractivity contribution in [3.05, 3.63) is 12.2 Å². The lowest BCUT2D eigenvalue weighted by atomic mass is 10.2. The fourth-order valence-corrected chi connectivity index (χ4v) is 1.58. The fourth-order valence-electron chi connectivity index (χ4n) is 1.58. The monoisotopic (exact) mass is 212 g/mol. The Morgan fingerprint density at radius 3 is 2.33 bits per heavy atom. The molecule has 88 valence electrons. The minimum Gasteiger partial charge on any atom is -0.352 e. The molecule has 0 radical (unpaired) electrons. The van der Waals surface area contributed by atoms with Crippen LogP contribution < -0.4 is 5.32 Å². The highest BCUT2D eigenvalue weighted by Gasteiger charge is 2.09. The Bertz CT molecular complexity index is 210. The summed E-state index contributed by atoms with van der Waals surface area (Å²) in [6.45, 7) is 14.7. The Balaban J connectivity index is 3.76. The van der Waals surface area contributed by atoms with E-state index >= 15 is 0 Å². The van der Waals surface area contributed by atoms with Gasteiger partial charge in [0.1, 0.15) is 0 Å². The van der Waals surface area contributed by atoms with Crippen molar-refractivity contribution in [2.24, 2.45) is 0 Å². The predicted octanol–water partition coefficient (Wildman–Crippen LogP) is 1.80. The number of nitrogens with zero attached hydrogens (tertiary/aromatic N) is 1. The zero-order valence-electron chi connectivity index (χ0n) is 10.5. The minimum atomic E-state index is -0.0400. The Kier molecular flexibility index (Phi) is 7.05. The highest BCUT2D eigenvalue weighted by Crippen LogP contribution is 2.02. The molecule has 0 saturated carbocycles. The van der Waals surface area contributed by atoms with E-state index < -0.39 is 0 Å². The molecule has 0 aliphatic rings. The van der Waals surface area contributed by atoms with Crippen LogP contribution in [0.4, 0.5) is 0 Å². The zero-order chi connectivity index (χ0) is 11.8. The first-order valence-corrected chi connectivity index (χ1v) is 5.70. The second-order valence-electron chi connectivity index (χ2n) is 3.90. The molecule has 3 nitrogen and oxygen atoms in total. The van der Waals surface area contributed by atoms with Gasteiger partial charge in [-0.15, -0.1) is 0 Å². The van der Waals surface area contributed by atoms with Gasteiger partial charge in [-0.1, -0.05) is 20.4 Å². The van der Waals surface area contributed by atoms with E-state index in [1.165, 1.54) is 0 Å². The van der Waals surface area contributed by atoms with Crippen molar-refractivity contribution in [3.8, 4) is 0 Å². The maximum absolute atomic E-state index is 11.2. The summed E-state index contributed by atoms with van der Waals surface area (Å²) in [6.07, 6.45) is 0.987. The summed E-state index contributed by atoms with van der Waals surface area (Å²) >= 11 is 0. The van der Waals surface area contributed by atoms with E-state index in [2.05, 4.69) is 37.6 Å².